The minimum atomic E-state index is -1.11. The van der Waals surface area contributed by atoms with Gasteiger partial charge in [0, 0.05) is 0 Å². The number of benzene rings is 1. The van der Waals surface area contributed by atoms with Crippen LogP contribution in [0.25, 0.3) is 11.3 Å². The second kappa shape index (κ2) is 5.36. The highest BCUT2D eigenvalue weighted by molar-refractivity contribution is 5.89. The van der Waals surface area contributed by atoms with E-state index in [0.29, 0.717) is 5.69 Å². The summed E-state index contributed by atoms with van der Waals surface area (Å²) >= 11 is 0. The lowest BCUT2D eigenvalue weighted by atomic mass is 10.0. The first-order chi connectivity index (χ1) is 9.41. The van der Waals surface area contributed by atoms with E-state index in [4.69, 9.17) is 5.11 Å². The van der Waals surface area contributed by atoms with Crippen LogP contribution in [0.15, 0.2) is 30.3 Å². The third kappa shape index (κ3) is 2.52. The van der Waals surface area contributed by atoms with Gasteiger partial charge in [-0.15, -0.1) is 0 Å². The Morgan fingerprint density at radius 1 is 1.15 bits per heavy atom. The van der Waals surface area contributed by atoms with E-state index < -0.39 is 17.6 Å². The summed E-state index contributed by atoms with van der Waals surface area (Å²) in [5.41, 5.74) is 0.193. The molecule has 1 heterocycles. The van der Waals surface area contributed by atoms with Crippen molar-refractivity contribution in [2.24, 2.45) is 0 Å². The van der Waals surface area contributed by atoms with E-state index in [-0.39, 0.29) is 22.7 Å². The molecular formula is C15H13F2NO2. The van der Waals surface area contributed by atoms with Gasteiger partial charge < -0.3 is 5.11 Å². The zero-order valence-corrected chi connectivity index (χ0v) is 11.0. The summed E-state index contributed by atoms with van der Waals surface area (Å²) in [4.78, 5) is 15.2. The molecule has 0 spiro atoms. The monoisotopic (exact) mass is 277 g/mol. The first-order valence-electron chi connectivity index (χ1n) is 6.10. The molecule has 1 aromatic carbocycles. The third-order valence-corrected chi connectivity index (χ3v) is 2.92. The van der Waals surface area contributed by atoms with Crippen LogP contribution < -0.4 is 0 Å². The summed E-state index contributed by atoms with van der Waals surface area (Å²) in [6, 6.07) is 6.19. The Morgan fingerprint density at radius 2 is 1.75 bits per heavy atom. The first-order valence-corrected chi connectivity index (χ1v) is 6.10. The van der Waals surface area contributed by atoms with Gasteiger partial charge in [0.1, 0.15) is 11.6 Å². The molecule has 0 fully saturated rings. The fourth-order valence-electron chi connectivity index (χ4n) is 1.98. The molecule has 3 nitrogen and oxygen atoms in total. The first kappa shape index (κ1) is 14.1. The predicted molar refractivity (Wildman–Crippen MR) is 70.6 cm³/mol. The maximum Gasteiger partial charge on any atom is 0.337 e. The lowest BCUT2D eigenvalue weighted by molar-refractivity contribution is 0.0694. The number of aromatic nitrogens is 1. The molecule has 2 rings (SSSR count). The second-order valence-electron chi connectivity index (χ2n) is 4.69. The van der Waals surface area contributed by atoms with Crippen LogP contribution in [0, 0.1) is 11.6 Å². The van der Waals surface area contributed by atoms with Crippen LogP contribution >= 0.6 is 0 Å². The van der Waals surface area contributed by atoms with E-state index in [2.05, 4.69) is 4.98 Å². The highest BCUT2D eigenvalue weighted by Gasteiger charge is 2.18. The highest BCUT2D eigenvalue weighted by Crippen LogP contribution is 2.27. The molecule has 0 saturated carbocycles. The number of rotatable bonds is 3. The molecule has 0 bridgehead atoms. The van der Waals surface area contributed by atoms with Crippen molar-refractivity contribution >= 4 is 5.97 Å². The number of pyridine rings is 1. The van der Waals surface area contributed by atoms with Crippen molar-refractivity contribution in [3.05, 3.63) is 53.2 Å². The summed E-state index contributed by atoms with van der Waals surface area (Å²) < 4.78 is 27.5. The van der Waals surface area contributed by atoms with E-state index in [0.717, 1.165) is 12.1 Å². The fourth-order valence-corrected chi connectivity index (χ4v) is 1.98. The van der Waals surface area contributed by atoms with Gasteiger partial charge in [0.25, 0.3) is 0 Å². The van der Waals surface area contributed by atoms with Gasteiger partial charge in [0.15, 0.2) is 0 Å². The van der Waals surface area contributed by atoms with E-state index in [1.54, 1.807) is 13.8 Å². The molecule has 2 aromatic rings. The average Bonchev–Trinajstić information content (AvgIpc) is 2.38. The van der Waals surface area contributed by atoms with E-state index in [1.165, 1.54) is 18.2 Å². The Kier molecular flexibility index (Phi) is 3.79. The largest absolute Gasteiger partial charge is 0.478 e. The Morgan fingerprint density at radius 3 is 2.25 bits per heavy atom. The van der Waals surface area contributed by atoms with Gasteiger partial charge in [-0.05, 0) is 30.2 Å². The molecule has 0 atom stereocenters. The predicted octanol–water partition coefficient (Wildman–Crippen LogP) is 3.85. The molecule has 0 aliphatic heterocycles. The Labute approximate surface area is 114 Å². The molecule has 1 N–H and O–H groups in total. The van der Waals surface area contributed by atoms with Gasteiger partial charge in [0.2, 0.25) is 0 Å². The number of carboxylic acid groups (broad SMARTS) is 1. The molecule has 0 aliphatic carbocycles. The number of nitrogens with zero attached hydrogens (tertiary/aromatic N) is 1. The molecular weight excluding hydrogens is 264 g/mol. The zero-order chi connectivity index (χ0) is 14.9. The highest BCUT2D eigenvalue weighted by atomic mass is 19.1. The van der Waals surface area contributed by atoms with Gasteiger partial charge in [-0.1, -0.05) is 19.9 Å². The van der Waals surface area contributed by atoms with Crippen molar-refractivity contribution in [1.82, 2.24) is 4.98 Å². The molecule has 1 aromatic heterocycles. The van der Waals surface area contributed by atoms with Crippen molar-refractivity contribution in [2.75, 3.05) is 0 Å². The van der Waals surface area contributed by atoms with Crippen molar-refractivity contribution in [3.63, 3.8) is 0 Å². The van der Waals surface area contributed by atoms with E-state index in [1.807, 2.05) is 0 Å². The zero-order valence-electron chi connectivity index (χ0n) is 11.0. The van der Waals surface area contributed by atoms with E-state index >= 15 is 0 Å². The number of hydrogen-bond donors (Lipinski definition) is 1. The summed E-state index contributed by atoms with van der Waals surface area (Å²) in [7, 11) is 0. The maximum absolute atomic E-state index is 13.7. The van der Waals surface area contributed by atoms with Crippen LogP contribution in [-0.4, -0.2) is 16.1 Å². The van der Waals surface area contributed by atoms with E-state index in [9.17, 15) is 13.6 Å². The molecule has 20 heavy (non-hydrogen) atoms. The number of carbonyl (C=O) groups is 1. The molecule has 0 radical (unpaired) electrons. The molecule has 0 unspecified atom stereocenters. The SMILES string of the molecule is CC(C)c1nc(-c2c(F)cccc2F)ccc1C(=O)O. The van der Waals surface area contributed by atoms with Gasteiger partial charge in [-0.3, -0.25) is 4.98 Å². The lowest BCUT2D eigenvalue weighted by Crippen LogP contribution is -2.07. The standard InChI is InChI=1S/C15H13F2NO2/c1-8(2)14-9(15(19)20)6-7-12(18-14)13-10(16)4-3-5-11(13)17/h3-8H,1-2H3,(H,19,20). The molecule has 0 aliphatic rings. The molecule has 104 valence electrons. The average molecular weight is 277 g/mol. The Hall–Kier alpha value is -2.30. The minimum Gasteiger partial charge on any atom is -0.478 e. The molecule has 0 saturated heterocycles. The van der Waals surface area contributed by atoms with Crippen LogP contribution in [0.5, 0.6) is 0 Å². The van der Waals surface area contributed by atoms with Gasteiger partial charge in [0.05, 0.1) is 22.5 Å². The topological polar surface area (TPSA) is 50.2 Å². The summed E-state index contributed by atoms with van der Waals surface area (Å²) in [6.07, 6.45) is 0. The number of carboxylic acids is 1. The Balaban J connectivity index is 2.65. The summed E-state index contributed by atoms with van der Waals surface area (Å²) in [5, 5.41) is 9.10. The minimum absolute atomic E-state index is 0.0421. The van der Waals surface area contributed by atoms with Crippen LogP contribution in [0.2, 0.25) is 0 Å². The maximum atomic E-state index is 13.7. The van der Waals surface area contributed by atoms with Gasteiger partial charge >= 0.3 is 5.97 Å². The lowest BCUT2D eigenvalue weighted by Gasteiger charge is -2.12. The van der Waals surface area contributed by atoms with Gasteiger partial charge in [-0.2, -0.15) is 0 Å². The fraction of sp³-hybridized carbons (Fsp3) is 0.200. The molecule has 5 heteroatoms. The Bertz CT molecular complexity index is 649. The molecule has 0 amide bonds. The van der Waals surface area contributed by atoms with Crippen molar-refractivity contribution < 1.29 is 18.7 Å². The number of aromatic carboxylic acids is 1. The quantitative estimate of drug-likeness (QED) is 0.927. The van der Waals surface area contributed by atoms with Crippen LogP contribution in [0.4, 0.5) is 8.78 Å². The van der Waals surface area contributed by atoms with Crippen LogP contribution in [0.3, 0.4) is 0 Å². The number of hydrogen-bond acceptors (Lipinski definition) is 2. The van der Waals surface area contributed by atoms with Crippen molar-refractivity contribution in [1.29, 1.82) is 0 Å². The second-order valence-corrected chi connectivity index (χ2v) is 4.69. The van der Waals surface area contributed by atoms with Crippen molar-refractivity contribution in [2.45, 2.75) is 19.8 Å². The summed E-state index contributed by atoms with van der Waals surface area (Å²) in [5.74, 6) is -2.73. The van der Waals surface area contributed by atoms with Crippen molar-refractivity contribution in [3.8, 4) is 11.3 Å². The smallest absolute Gasteiger partial charge is 0.337 e. The van der Waals surface area contributed by atoms with Gasteiger partial charge in [-0.25, -0.2) is 13.6 Å². The third-order valence-electron chi connectivity index (χ3n) is 2.92. The summed E-state index contributed by atoms with van der Waals surface area (Å²) in [6.45, 7) is 3.55. The van der Waals surface area contributed by atoms with Crippen LogP contribution in [-0.2, 0) is 0 Å². The number of halogens is 2. The normalized spacial score (nSPS) is 10.8. The van der Waals surface area contributed by atoms with Crippen LogP contribution in [0.1, 0.15) is 35.8 Å².